The minimum absolute atomic E-state index is 0.250. The molecule has 104 valence electrons. The van der Waals surface area contributed by atoms with E-state index in [1.54, 1.807) is 6.07 Å². The van der Waals surface area contributed by atoms with E-state index >= 15 is 0 Å². The van der Waals surface area contributed by atoms with Crippen molar-refractivity contribution in [1.82, 2.24) is 4.90 Å². The minimum atomic E-state index is -0.267. The van der Waals surface area contributed by atoms with Gasteiger partial charge >= 0.3 is 0 Å². The summed E-state index contributed by atoms with van der Waals surface area (Å²) in [6.07, 6.45) is 2.45. The Kier molecular flexibility index (Phi) is 4.21. The number of nitrogens with two attached hydrogens (primary N) is 1. The summed E-state index contributed by atoms with van der Waals surface area (Å²) in [7, 11) is 0. The third-order valence-corrected chi connectivity index (χ3v) is 3.86. The standard InChI is InChI=1S/C15H21FN2S/c1-15(2)4-3-5-18(10-15)9-11-6-12(14(17)19)8-13(16)7-11/h6-8H,3-5,9-10H2,1-2H3,(H2,17,19). The molecule has 1 aliphatic heterocycles. The van der Waals surface area contributed by atoms with Gasteiger partial charge in [-0.3, -0.25) is 4.90 Å². The van der Waals surface area contributed by atoms with Gasteiger partial charge in [-0.15, -0.1) is 0 Å². The van der Waals surface area contributed by atoms with Gasteiger partial charge in [0, 0.05) is 18.7 Å². The smallest absolute Gasteiger partial charge is 0.124 e. The maximum Gasteiger partial charge on any atom is 0.124 e. The fourth-order valence-corrected chi connectivity index (χ4v) is 2.94. The summed E-state index contributed by atoms with van der Waals surface area (Å²) in [4.78, 5) is 2.63. The van der Waals surface area contributed by atoms with Crippen molar-refractivity contribution in [3.63, 3.8) is 0 Å². The minimum Gasteiger partial charge on any atom is -0.389 e. The van der Waals surface area contributed by atoms with E-state index in [0.717, 1.165) is 25.2 Å². The normalized spacial score (nSPS) is 19.3. The van der Waals surface area contributed by atoms with E-state index in [4.69, 9.17) is 18.0 Å². The topological polar surface area (TPSA) is 29.3 Å². The molecule has 0 amide bonds. The van der Waals surface area contributed by atoms with Crippen molar-refractivity contribution in [3.05, 3.63) is 35.1 Å². The van der Waals surface area contributed by atoms with Gasteiger partial charge < -0.3 is 5.73 Å². The summed E-state index contributed by atoms with van der Waals surface area (Å²) in [6, 6.07) is 4.86. The molecule has 1 aromatic rings. The van der Waals surface area contributed by atoms with Gasteiger partial charge in [0.15, 0.2) is 0 Å². The molecular weight excluding hydrogens is 259 g/mol. The lowest BCUT2D eigenvalue weighted by Gasteiger charge is -2.38. The largest absolute Gasteiger partial charge is 0.389 e. The maximum atomic E-state index is 13.6. The highest BCUT2D eigenvalue weighted by molar-refractivity contribution is 7.80. The third kappa shape index (κ3) is 3.98. The maximum absolute atomic E-state index is 13.6. The number of rotatable bonds is 3. The second-order valence-corrected chi connectivity index (χ2v) is 6.63. The van der Waals surface area contributed by atoms with Crippen LogP contribution < -0.4 is 5.73 Å². The van der Waals surface area contributed by atoms with E-state index in [9.17, 15) is 4.39 Å². The number of hydrogen-bond donors (Lipinski definition) is 1. The Morgan fingerprint density at radius 1 is 1.42 bits per heavy atom. The SMILES string of the molecule is CC1(C)CCCN(Cc2cc(F)cc(C(N)=S)c2)C1. The molecule has 0 aliphatic carbocycles. The Bertz CT molecular complexity index is 485. The first-order chi connectivity index (χ1) is 8.85. The molecule has 0 unspecified atom stereocenters. The highest BCUT2D eigenvalue weighted by Crippen LogP contribution is 2.29. The lowest BCUT2D eigenvalue weighted by Crippen LogP contribution is -2.39. The van der Waals surface area contributed by atoms with E-state index < -0.39 is 0 Å². The molecule has 1 fully saturated rings. The van der Waals surface area contributed by atoms with Crippen LogP contribution in [0.3, 0.4) is 0 Å². The summed E-state index contributed by atoms with van der Waals surface area (Å²) >= 11 is 4.92. The molecule has 0 spiro atoms. The van der Waals surface area contributed by atoms with Gasteiger partial charge in [0.1, 0.15) is 10.8 Å². The van der Waals surface area contributed by atoms with Crippen molar-refractivity contribution in [1.29, 1.82) is 0 Å². The molecule has 19 heavy (non-hydrogen) atoms. The van der Waals surface area contributed by atoms with Gasteiger partial charge in [0.05, 0.1) is 0 Å². The monoisotopic (exact) mass is 280 g/mol. The Labute approximate surface area is 119 Å². The molecule has 0 aromatic heterocycles. The highest BCUT2D eigenvalue weighted by Gasteiger charge is 2.26. The van der Waals surface area contributed by atoms with E-state index in [2.05, 4.69) is 18.7 Å². The van der Waals surface area contributed by atoms with Gasteiger partial charge in [-0.1, -0.05) is 26.1 Å². The Morgan fingerprint density at radius 2 is 2.16 bits per heavy atom. The fourth-order valence-electron chi connectivity index (χ4n) is 2.82. The first-order valence-corrected chi connectivity index (χ1v) is 7.08. The van der Waals surface area contributed by atoms with Crippen LogP contribution in [0.1, 0.15) is 37.8 Å². The van der Waals surface area contributed by atoms with E-state index in [0.29, 0.717) is 11.0 Å². The summed E-state index contributed by atoms with van der Waals surface area (Å²) in [6.45, 7) is 7.45. The summed E-state index contributed by atoms with van der Waals surface area (Å²) in [5.41, 5.74) is 7.48. The molecule has 0 radical (unpaired) electrons. The number of thiocarbonyl (C=S) groups is 1. The molecular formula is C15H21FN2S. The first-order valence-electron chi connectivity index (χ1n) is 6.67. The van der Waals surface area contributed by atoms with Crippen LogP contribution in [-0.4, -0.2) is 23.0 Å². The van der Waals surface area contributed by atoms with Crippen LogP contribution in [0.25, 0.3) is 0 Å². The van der Waals surface area contributed by atoms with Crippen molar-refractivity contribution in [2.45, 2.75) is 33.2 Å². The lowest BCUT2D eigenvalue weighted by atomic mass is 9.84. The van der Waals surface area contributed by atoms with Crippen molar-refractivity contribution in [3.8, 4) is 0 Å². The number of hydrogen-bond acceptors (Lipinski definition) is 2. The number of benzene rings is 1. The average molecular weight is 280 g/mol. The molecule has 2 nitrogen and oxygen atoms in total. The summed E-state index contributed by atoms with van der Waals surface area (Å²) in [5.74, 6) is -0.267. The zero-order valence-electron chi connectivity index (χ0n) is 11.6. The van der Waals surface area contributed by atoms with E-state index in [-0.39, 0.29) is 10.8 Å². The molecule has 1 heterocycles. The Morgan fingerprint density at radius 3 is 2.79 bits per heavy atom. The van der Waals surface area contributed by atoms with Crippen molar-refractivity contribution in [2.75, 3.05) is 13.1 Å². The number of halogens is 1. The van der Waals surface area contributed by atoms with Gasteiger partial charge in [0.2, 0.25) is 0 Å². The zero-order valence-corrected chi connectivity index (χ0v) is 12.4. The van der Waals surface area contributed by atoms with Crippen LogP contribution in [0.5, 0.6) is 0 Å². The molecule has 0 saturated carbocycles. The van der Waals surface area contributed by atoms with Crippen molar-refractivity contribution >= 4 is 17.2 Å². The molecule has 0 atom stereocenters. The second kappa shape index (κ2) is 5.55. The van der Waals surface area contributed by atoms with Crippen LogP contribution in [-0.2, 0) is 6.54 Å². The van der Waals surface area contributed by atoms with Crippen LogP contribution in [0, 0.1) is 11.2 Å². The van der Waals surface area contributed by atoms with Crippen molar-refractivity contribution < 1.29 is 4.39 Å². The van der Waals surface area contributed by atoms with Gasteiger partial charge in [-0.05, 0) is 48.6 Å². The van der Waals surface area contributed by atoms with E-state index in [1.807, 2.05) is 6.07 Å². The number of likely N-dealkylation sites (tertiary alicyclic amines) is 1. The van der Waals surface area contributed by atoms with Crippen LogP contribution >= 0.6 is 12.2 Å². The van der Waals surface area contributed by atoms with Gasteiger partial charge in [-0.2, -0.15) is 0 Å². The van der Waals surface area contributed by atoms with Gasteiger partial charge in [-0.25, -0.2) is 4.39 Å². The lowest BCUT2D eigenvalue weighted by molar-refractivity contribution is 0.111. The highest BCUT2D eigenvalue weighted by atomic mass is 32.1. The molecule has 4 heteroatoms. The molecule has 2 rings (SSSR count). The summed E-state index contributed by atoms with van der Waals surface area (Å²) < 4.78 is 13.6. The van der Waals surface area contributed by atoms with Crippen molar-refractivity contribution in [2.24, 2.45) is 11.1 Å². The predicted molar refractivity (Wildman–Crippen MR) is 80.6 cm³/mol. The Hall–Kier alpha value is -1.00. The first kappa shape index (κ1) is 14.4. The quantitative estimate of drug-likeness (QED) is 0.863. The fraction of sp³-hybridized carbons (Fsp3) is 0.533. The van der Waals surface area contributed by atoms with E-state index in [1.165, 1.54) is 18.9 Å². The zero-order chi connectivity index (χ0) is 14.0. The third-order valence-electron chi connectivity index (χ3n) is 3.63. The second-order valence-electron chi connectivity index (χ2n) is 6.19. The molecule has 1 saturated heterocycles. The molecule has 2 N–H and O–H groups in total. The van der Waals surface area contributed by atoms with Gasteiger partial charge in [0.25, 0.3) is 0 Å². The van der Waals surface area contributed by atoms with Crippen LogP contribution in [0.2, 0.25) is 0 Å². The Balaban J connectivity index is 2.12. The average Bonchev–Trinajstić information content (AvgIpc) is 2.26. The van der Waals surface area contributed by atoms with Crippen LogP contribution in [0.4, 0.5) is 4.39 Å². The number of nitrogens with zero attached hydrogens (tertiary/aromatic N) is 1. The summed E-state index contributed by atoms with van der Waals surface area (Å²) in [5, 5.41) is 0. The molecule has 1 aromatic carbocycles. The number of piperidine rings is 1. The predicted octanol–water partition coefficient (Wildman–Crippen LogP) is 3.08. The van der Waals surface area contributed by atoms with Crippen LogP contribution in [0.15, 0.2) is 18.2 Å². The molecule has 1 aliphatic rings. The molecule has 0 bridgehead atoms.